The first-order valence-electron chi connectivity index (χ1n) is 2.77. The number of carboxylic acid groups (broad SMARTS) is 1. The minimum absolute atomic E-state index is 0. The fourth-order valence-corrected chi connectivity index (χ4v) is 0.469. The fraction of sp³-hybridized carbons (Fsp3) is 0.800. The van der Waals surface area contributed by atoms with E-state index in [0.717, 1.165) is 0 Å². The van der Waals surface area contributed by atoms with Crippen molar-refractivity contribution in [2.75, 3.05) is 13.2 Å². The third-order valence-electron chi connectivity index (χ3n) is 0.918. The third kappa shape index (κ3) is 5.20. The summed E-state index contributed by atoms with van der Waals surface area (Å²) in [5.74, 6) is -1.26. The van der Waals surface area contributed by atoms with Gasteiger partial charge in [0.2, 0.25) is 0 Å². The van der Waals surface area contributed by atoms with Crippen LogP contribution in [0, 0.1) is 0 Å². The Morgan fingerprint density at radius 3 is 2.40 bits per heavy atom. The zero-order valence-electron chi connectivity index (χ0n) is 6.26. The second-order valence-electron chi connectivity index (χ2n) is 1.61. The molecule has 0 radical (unpaired) electrons. The van der Waals surface area contributed by atoms with Gasteiger partial charge in [0, 0.05) is 0 Å². The van der Waals surface area contributed by atoms with Gasteiger partial charge in [0.25, 0.3) is 0 Å². The molecule has 0 amide bonds. The van der Waals surface area contributed by atoms with E-state index in [1.807, 2.05) is 0 Å². The summed E-state index contributed by atoms with van der Waals surface area (Å²) in [6.45, 7) is 1.85. The van der Waals surface area contributed by atoms with E-state index in [1.54, 1.807) is 6.92 Å². The number of carbonyl (C=O) groups is 1. The molecule has 5 heteroatoms. The average Bonchev–Trinajstić information content (AvgIpc) is 1.82. The Labute approximate surface area is 81.9 Å². The van der Waals surface area contributed by atoms with Gasteiger partial charge in [-0.2, -0.15) is 0 Å². The number of carboxylic acids is 1. The minimum Gasteiger partial charge on any atom is -0.548 e. The molecule has 0 aromatic carbocycles. The molecule has 0 aromatic rings. The summed E-state index contributed by atoms with van der Waals surface area (Å²) in [7, 11) is 0. The van der Waals surface area contributed by atoms with Crippen LogP contribution < -0.4 is 40.0 Å². The molecule has 0 heterocycles. The van der Waals surface area contributed by atoms with Crippen LogP contribution in [0.2, 0.25) is 0 Å². The van der Waals surface area contributed by atoms with Crippen LogP contribution >= 0.6 is 0 Å². The van der Waals surface area contributed by atoms with Crippen molar-refractivity contribution in [3.05, 3.63) is 0 Å². The maximum absolute atomic E-state index is 9.99. The largest absolute Gasteiger partial charge is 1.00 e. The van der Waals surface area contributed by atoms with E-state index < -0.39 is 18.6 Å². The van der Waals surface area contributed by atoms with Crippen molar-refractivity contribution in [2.24, 2.45) is 0 Å². The van der Waals surface area contributed by atoms with E-state index in [4.69, 9.17) is 5.11 Å². The molecule has 54 valence electrons. The van der Waals surface area contributed by atoms with Crippen LogP contribution in [0.15, 0.2) is 0 Å². The summed E-state index contributed by atoms with van der Waals surface area (Å²) < 4.78 is 0. The molecule has 0 saturated heterocycles. The molecule has 0 unspecified atom stereocenters. The minimum atomic E-state index is -1.26. The number of aliphatic hydroxyl groups is 1. The van der Waals surface area contributed by atoms with Crippen molar-refractivity contribution in [1.29, 1.82) is 0 Å². The standard InChI is InChI=1S/C5H11NO3.Na/c1-2-6-4(3-7)5(8)9;/h4,6-7H,2-3H2,1H3,(H,8,9);/q;+1/p-1/t4-;/m0./s1. The number of likely N-dealkylation sites (N-methyl/N-ethyl adjacent to an activating group) is 1. The molecular weight excluding hydrogens is 145 g/mol. The first-order valence-corrected chi connectivity index (χ1v) is 2.77. The fourth-order valence-electron chi connectivity index (χ4n) is 0.469. The Balaban J connectivity index is 0. The van der Waals surface area contributed by atoms with Gasteiger partial charge in [-0.05, 0) is 6.54 Å². The molecule has 0 aliphatic carbocycles. The summed E-state index contributed by atoms with van der Waals surface area (Å²) in [5, 5.41) is 20.9. The molecule has 0 spiro atoms. The van der Waals surface area contributed by atoms with Crippen molar-refractivity contribution in [3.63, 3.8) is 0 Å². The molecule has 0 aliphatic heterocycles. The van der Waals surface area contributed by atoms with Gasteiger partial charge in [0.1, 0.15) is 0 Å². The zero-order chi connectivity index (χ0) is 7.28. The predicted octanol–water partition coefficient (Wildman–Crippen LogP) is -5.29. The quantitative estimate of drug-likeness (QED) is 0.398. The van der Waals surface area contributed by atoms with Gasteiger partial charge in [-0.3, -0.25) is 0 Å². The van der Waals surface area contributed by atoms with Crippen LogP contribution in [-0.2, 0) is 4.79 Å². The van der Waals surface area contributed by atoms with E-state index in [2.05, 4.69) is 5.32 Å². The molecule has 0 fully saturated rings. The number of aliphatic carboxylic acids is 1. The van der Waals surface area contributed by atoms with Crippen molar-refractivity contribution in [1.82, 2.24) is 5.32 Å². The number of nitrogens with one attached hydrogen (secondary N) is 1. The summed E-state index contributed by atoms with van der Waals surface area (Å²) in [4.78, 5) is 9.99. The van der Waals surface area contributed by atoms with E-state index in [-0.39, 0.29) is 29.6 Å². The SMILES string of the molecule is CCN[C@@H](CO)C(=O)[O-].[Na+]. The first-order chi connectivity index (χ1) is 4.22. The number of aliphatic hydroxyl groups excluding tert-OH is 1. The Hall–Kier alpha value is 0.390. The topological polar surface area (TPSA) is 72.4 Å². The summed E-state index contributed by atoms with van der Waals surface area (Å²) in [6, 6.07) is -0.921. The van der Waals surface area contributed by atoms with E-state index >= 15 is 0 Å². The van der Waals surface area contributed by atoms with Crippen LogP contribution in [0.3, 0.4) is 0 Å². The number of rotatable bonds is 4. The number of hydrogen-bond acceptors (Lipinski definition) is 4. The molecule has 1 atom stereocenters. The maximum atomic E-state index is 9.99. The van der Waals surface area contributed by atoms with Crippen LogP contribution in [0.25, 0.3) is 0 Å². The average molecular weight is 155 g/mol. The summed E-state index contributed by atoms with van der Waals surface area (Å²) in [5.41, 5.74) is 0. The second-order valence-corrected chi connectivity index (χ2v) is 1.61. The van der Waals surface area contributed by atoms with Crippen LogP contribution in [0.1, 0.15) is 6.92 Å². The van der Waals surface area contributed by atoms with Crippen molar-refractivity contribution >= 4 is 5.97 Å². The van der Waals surface area contributed by atoms with Gasteiger partial charge in [-0.15, -0.1) is 0 Å². The second kappa shape index (κ2) is 7.50. The van der Waals surface area contributed by atoms with Crippen molar-refractivity contribution in [3.8, 4) is 0 Å². The molecule has 0 aromatic heterocycles. The smallest absolute Gasteiger partial charge is 0.548 e. The Bertz CT molecular complexity index is 98.9. The van der Waals surface area contributed by atoms with Crippen LogP contribution in [0.5, 0.6) is 0 Å². The summed E-state index contributed by atoms with van der Waals surface area (Å²) >= 11 is 0. The molecule has 2 N–H and O–H groups in total. The van der Waals surface area contributed by atoms with E-state index in [0.29, 0.717) is 6.54 Å². The van der Waals surface area contributed by atoms with Gasteiger partial charge >= 0.3 is 29.6 Å². The van der Waals surface area contributed by atoms with Crippen LogP contribution in [-0.4, -0.2) is 30.3 Å². The molecule has 0 aliphatic rings. The van der Waals surface area contributed by atoms with Gasteiger partial charge < -0.3 is 20.3 Å². The molecule has 0 rings (SSSR count). The first kappa shape index (κ1) is 13.0. The van der Waals surface area contributed by atoms with Crippen molar-refractivity contribution in [2.45, 2.75) is 13.0 Å². The predicted molar refractivity (Wildman–Crippen MR) is 29.6 cm³/mol. The molecule has 0 saturated carbocycles. The Morgan fingerprint density at radius 2 is 2.30 bits per heavy atom. The zero-order valence-corrected chi connectivity index (χ0v) is 8.26. The normalized spacial score (nSPS) is 11.8. The number of carbonyl (C=O) groups excluding carboxylic acids is 1. The van der Waals surface area contributed by atoms with Crippen LogP contribution in [0.4, 0.5) is 0 Å². The number of hydrogen-bond donors (Lipinski definition) is 2. The van der Waals surface area contributed by atoms with E-state index in [9.17, 15) is 9.90 Å². The monoisotopic (exact) mass is 155 g/mol. The molecular formula is C5H10NNaO3. The molecule has 4 nitrogen and oxygen atoms in total. The maximum Gasteiger partial charge on any atom is 1.00 e. The van der Waals surface area contributed by atoms with Gasteiger partial charge in [0.05, 0.1) is 18.6 Å². The van der Waals surface area contributed by atoms with Crippen molar-refractivity contribution < 1.29 is 44.6 Å². The van der Waals surface area contributed by atoms with E-state index in [1.165, 1.54) is 0 Å². The summed E-state index contributed by atoms with van der Waals surface area (Å²) in [6.07, 6.45) is 0. The van der Waals surface area contributed by atoms with Gasteiger partial charge in [-0.1, -0.05) is 6.92 Å². The Morgan fingerprint density at radius 1 is 1.80 bits per heavy atom. The van der Waals surface area contributed by atoms with Gasteiger partial charge in [0.15, 0.2) is 0 Å². The van der Waals surface area contributed by atoms with Gasteiger partial charge in [-0.25, -0.2) is 0 Å². The molecule has 10 heavy (non-hydrogen) atoms. The Kier molecular flexibility index (Phi) is 9.76. The molecule has 0 bridgehead atoms. The third-order valence-corrected chi connectivity index (χ3v) is 0.918.